The normalized spacial score (nSPS) is 23.1. The molecular formula is C10H15N5O3S. The number of aromatic nitrogens is 3. The summed E-state index contributed by atoms with van der Waals surface area (Å²) >= 11 is 0.980. The van der Waals surface area contributed by atoms with E-state index in [4.69, 9.17) is 0 Å². The van der Waals surface area contributed by atoms with E-state index >= 15 is 0 Å². The molecule has 0 spiro atoms. The van der Waals surface area contributed by atoms with E-state index in [2.05, 4.69) is 20.1 Å². The van der Waals surface area contributed by atoms with Crippen LogP contribution in [-0.2, 0) is 4.79 Å². The number of urea groups is 1. The van der Waals surface area contributed by atoms with Crippen molar-refractivity contribution in [2.24, 2.45) is 5.41 Å². The van der Waals surface area contributed by atoms with Crippen molar-refractivity contribution in [3.05, 3.63) is 0 Å². The van der Waals surface area contributed by atoms with Crippen LogP contribution in [0.2, 0.25) is 0 Å². The zero-order valence-corrected chi connectivity index (χ0v) is 11.3. The van der Waals surface area contributed by atoms with Gasteiger partial charge >= 0.3 is 12.0 Å². The minimum absolute atomic E-state index is 0.219. The molecule has 1 atom stereocenters. The molecule has 0 bridgehead atoms. The van der Waals surface area contributed by atoms with Crippen molar-refractivity contribution in [2.45, 2.75) is 26.2 Å². The highest BCUT2D eigenvalue weighted by atomic mass is 32.1. The summed E-state index contributed by atoms with van der Waals surface area (Å²) in [6.45, 7) is 2.61. The number of nitrogens with one attached hydrogen (secondary N) is 1. The quantitative estimate of drug-likeness (QED) is 0.859. The molecule has 1 aliphatic heterocycles. The maximum Gasteiger partial charge on any atom is 0.323 e. The molecule has 0 radical (unpaired) electrons. The maximum atomic E-state index is 12.0. The van der Waals surface area contributed by atoms with Gasteiger partial charge in [0.1, 0.15) is 0 Å². The number of carboxylic acid groups (broad SMARTS) is 1. The average Bonchev–Trinajstić information content (AvgIpc) is 2.91. The molecule has 2 heterocycles. The molecule has 19 heavy (non-hydrogen) atoms. The largest absolute Gasteiger partial charge is 0.481 e. The van der Waals surface area contributed by atoms with E-state index in [1.807, 2.05) is 6.92 Å². The molecule has 9 heteroatoms. The summed E-state index contributed by atoms with van der Waals surface area (Å²) in [6.07, 6.45) is 1.79. The molecule has 1 unspecified atom stereocenters. The molecule has 1 aromatic rings. The highest BCUT2D eigenvalue weighted by Gasteiger charge is 2.42. The summed E-state index contributed by atoms with van der Waals surface area (Å²) in [4.78, 5) is 24.9. The number of carbonyl (C=O) groups excluding carboxylic acids is 1. The molecule has 1 saturated heterocycles. The number of nitrogens with zero attached hydrogens (tertiary/aromatic N) is 4. The summed E-state index contributed by atoms with van der Waals surface area (Å²) in [6, 6.07) is -0.350. The molecule has 0 saturated carbocycles. The summed E-state index contributed by atoms with van der Waals surface area (Å²) in [5, 5.41) is 19.2. The zero-order valence-electron chi connectivity index (χ0n) is 10.5. The van der Waals surface area contributed by atoms with Gasteiger partial charge < -0.3 is 10.0 Å². The van der Waals surface area contributed by atoms with Gasteiger partial charge in [0.25, 0.3) is 0 Å². The highest BCUT2D eigenvalue weighted by molar-refractivity contribution is 7.09. The van der Waals surface area contributed by atoms with E-state index in [-0.39, 0.29) is 12.6 Å². The van der Waals surface area contributed by atoms with Gasteiger partial charge in [-0.25, -0.2) is 4.79 Å². The number of likely N-dealkylation sites (tertiary alicyclic amines) is 1. The Balaban J connectivity index is 2.04. The summed E-state index contributed by atoms with van der Waals surface area (Å²) in [5.41, 5.74) is -0.838. The van der Waals surface area contributed by atoms with E-state index in [0.717, 1.165) is 11.5 Å². The second kappa shape index (κ2) is 5.47. The number of piperidine rings is 1. The van der Waals surface area contributed by atoms with Crippen LogP contribution in [0.25, 0.3) is 0 Å². The Morgan fingerprint density at radius 3 is 2.95 bits per heavy atom. The van der Waals surface area contributed by atoms with Gasteiger partial charge in [-0.15, -0.1) is 0 Å². The predicted molar refractivity (Wildman–Crippen MR) is 67.9 cm³/mol. The first-order chi connectivity index (χ1) is 9.07. The third-order valence-electron chi connectivity index (χ3n) is 3.51. The first kappa shape index (κ1) is 13.7. The first-order valence-electron chi connectivity index (χ1n) is 6.02. The molecule has 104 valence electrons. The number of carbonyl (C=O) groups is 2. The molecule has 2 rings (SSSR count). The van der Waals surface area contributed by atoms with Crippen LogP contribution < -0.4 is 5.32 Å². The number of aliphatic carboxylic acids is 1. The molecular weight excluding hydrogens is 270 g/mol. The van der Waals surface area contributed by atoms with Gasteiger partial charge in [-0.2, -0.15) is 0 Å². The fourth-order valence-corrected chi connectivity index (χ4v) is 2.63. The lowest BCUT2D eigenvalue weighted by atomic mass is 9.78. The van der Waals surface area contributed by atoms with Gasteiger partial charge in [0, 0.05) is 24.6 Å². The SMILES string of the molecule is CCC1(C(=O)O)CCCN(C(=O)Nc2nnns2)C1. The summed E-state index contributed by atoms with van der Waals surface area (Å²) < 4.78 is 3.55. The van der Waals surface area contributed by atoms with Crippen LogP contribution in [-0.4, -0.2) is 49.9 Å². The second-order valence-corrected chi connectivity index (χ2v) is 5.29. The Labute approximate surface area is 114 Å². The fraction of sp³-hybridized carbons (Fsp3) is 0.700. The van der Waals surface area contributed by atoms with Crippen molar-refractivity contribution in [1.82, 2.24) is 19.7 Å². The lowest BCUT2D eigenvalue weighted by Crippen LogP contribution is -2.50. The number of hydrogen-bond donors (Lipinski definition) is 2. The fourth-order valence-electron chi connectivity index (χ4n) is 2.27. The predicted octanol–water partition coefficient (Wildman–Crippen LogP) is 1.04. The Kier molecular flexibility index (Phi) is 3.93. The zero-order chi connectivity index (χ0) is 13.9. The number of rotatable bonds is 3. The van der Waals surface area contributed by atoms with Gasteiger partial charge in [-0.05, 0) is 24.5 Å². The number of hydrogen-bond acceptors (Lipinski definition) is 6. The van der Waals surface area contributed by atoms with Crippen molar-refractivity contribution in [3.63, 3.8) is 0 Å². The number of carboxylic acids is 1. The molecule has 2 N–H and O–H groups in total. The van der Waals surface area contributed by atoms with Crippen molar-refractivity contribution in [2.75, 3.05) is 18.4 Å². The van der Waals surface area contributed by atoms with Crippen molar-refractivity contribution >= 4 is 28.7 Å². The Bertz CT molecular complexity index is 466. The van der Waals surface area contributed by atoms with Crippen LogP contribution in [0.3, 0.4) is 0 Å². The van der Waals surface area contributed by atoms with E-state index in [9.17, 15) is 14.7 Å². The minimum Gasteiger partial charge on any atom is -0.481 e. The Hall–Kier alpha value is -1.77. The van der Waals surface area contributed by atoms with Gasteiger partial charge in [-0.1, -0.05) is 16.5 Å². The summed E-state index contributed by atoms with van der Waals surface area (Å²) in [7, 11) is 0. The van der Waals surface area contributed by atoms with E-state index in [1.54, 1.807) is 0 Å². The van der Waals surface area contributed by atoms with Gasteiger partial charge in [0.2, 0.25) is 5.13 Å². The maximum absolute atomic E-state index is 12.0. The molecule has 0 aromatic carbocycles. The van der Waals surface area contributed by atoms with Crippen LogP contribution in [0, 0.1) is 5.41 Å². The second-order valence-electron chi connectivity index (χ2n) is 4.56. The average molecular weight is 285 g/mol. The lowest BCUT2D eigenvalue weighted by Gasteiger charge is -2.39. The monoisotopic (exact) mass is 285 g/mol. The van der Waals surface area contributed by atoms with Crippen LogP contribution >= 0.6 is 11.5 Å². The molecule has 8 nitrogen and oxygen atoms in total. The Morgan fingerprint density at radius 2 is 2.37 bits per heavy atom. The highest BCUT2D eigenvalue weighted by Crippen LogP contribution is 2.33. The van der Waals surface area contributed by atoms with E-state index < -0.39 is 11.4 Å². The van der Waals surface area contributed by atoms with Crippen LogP contribution in [0.15, 0.2) is 0 Å². The van der Waals surface area contributed by atoms with Crippen molar-refractivity contribution < 1.29 is 14.7 Å². The molecule has 0 aliphatic carbocycles. The molecule has 1 aromatic heterocycles. The van der Waals surface area contributed by atoms with Gasteiger partial charge in [-0.3, -0.25) is 10.1 Å². The Morgan fingerprint density at radius 1 is 1.58 bits per heavy atom. The molecule has 1 aliphatic rings. The molecule has 2 amide bonds. The third kappa shape index (κ3) is 2.80. The topological polar surface area (TPSA) is 108 Å². The van der Waals surface area contributed by atoms with Crippen LogP contribution in [0.1, 0.15) is 26.2 Å². The standard InChI is InChI=1S/C10H15N5O3S/c1-2-10(7(16)17)4-3-5-15(6-10)9(18)11-8-12-13-14-19-8/h2-6H2,1H3,(H,16,17)(H,11,12,14,18). The van der Waals surface area contributed by atoms with Gasteiger partial charge in [0.05, 0.1) is 5.41 Å². The smallest absolute Gasteiger partial charge is 0.323 e. The van der Waals surface area contributed by atoms with Crippen LogP contribution in [0.5, 0.6) is 0 Å². The van der Waals surface area contributed by atoms with E-state index in [0.29, 0.717) is 30.9 Å². The number of anilines is 1. The minimum atomic E-state index is -0.843. The van der Waals surface area contributed by atoms with E-state index in [1.165, 1.54) is 4.90 Å². The van der Waals surface area contributed by atoms with Crippen molar-refractivity contribution in [3.8, 4) is 0 Å². The molecule has 1 fully saturated rings. The first-order valence-corrected chi connectivity index (χ1v) is 6.79. The van der Waals surface area contributed by atoms with Crippen LogP contribution in [0.4, 0.5) is 9.93 Å². The summed E-state index contributed by atoms with van der Waals surface area (Å²) in [5.74, 6) is -0.843. The lowest BCUT2D eigenvalue weighted by molar-refractivity contribution is -0.152. The van der Waals surface area contributed by atoms with Gasteiger partial charge in [0.15, 0.2) is 0 Å². The third-order valence-corrected chi connectivity index (χ3v) is 4.02. The van der Waals surface area contributed by atoms with Crippen molar-refractivity contribution in [1.29, 1.82) is 0 Å². The number of amides is 2.